The van der Waals surface area contributed by atoms with Crippen molar-refractivity contribution in [2.45, 2.75) is 45.1 Å². The number of nitrogens with zero attached hydrogens (tertiary/aromatic N) is 2. The first kappa shape index (κ1) is 15.2. The van der Waals surface area contributed by atoms with Crippen LogP contribution >= 0.6 is 0 Å². The van der Waals surface area contributed by atoms with Gasteiger partial charge in [-0.1, -0.05) is 13.8 Å². The van der Waals surface area contributed by atoms with E-state index < -0.39 is 5.97 Å². The largest absolute Gasteiger partial charge is 0.476 e. The van der Waals surface area contributed by atoms with Gasteiger partial charge in [-0.15, -0.1) is 0 Å². The molecule has 7 nitrogen and oxygen atoms in total. The van der Waals surface area contributed by atoms with Gasteiger partial charge in [0.25, 0.3) is 0 Å². The van der Waals surface area contributed by atoms with Crippen LogP contribution in [0.1, 0.15) is 55.3 Å². The molecule has 0 aliphatic heterocycles. The fourth-order valence-electron chi connectivity index (χ4n) is 1.80. The molecule has 1 aromatic heterocycles. The number of aromatic nitrogens is 2. The first-order chi connectivity index (χ1) is 9.97. The van der Waals surface area contributed by atoms with Gasteiger partial charge in [-0.25, -0.2) is 14.8 Å². The van der Waals surface area contributed by atoms with Gasteiger partial charge in [0.15, 0.2) is 5.69 Å². The van der Waals surface area contributed by atoms with E-state index in [1.165, 1.54) is 6.20 Å². The summed E-state index contributed by atoms with van der Waals surface area (Å²) in [7, 11) is 0. The van der Waals surface area contributed by atoms with Crippen LogP contribution in [0.25, 0.3) is 0 Å². The van der Waals surface area contributed by atoms with Crippen LogP contribution in [0.5, 0.6) is 0 Å². The molecule has 1 aromatic rings. The predicted octanol–water partition coefficient (Wildman–Crippen LogP) is 1.38. The van der Waals surface area contributed by atoms with Crippen LogP contribution in [0.15, 0.2) is 6.20 Å². The van der Waals surface area contributed by atoms with E-state index in [2.05, 4.69) is 20.6 Å². The van der Waals surface area contributed by atoms with E-state index in [9.17, 15) is 14.7 Å². The number of aromatic carboxylic acids is 1. The average molecular weight is 292 g/mol. The molecule has 2 rings (SSSR count). The number of carbonyl (C=O) groups excluding carboxylic acids is 1. The Balaban J connectivity index is 1.94. The Kier molecular flexibility index (Phi) is 4.72. The molecule has 0 unspecified atom stereocenters. The van der Waals surface area contributed by atoms with Gasteiger partial charge in [0.2, 0.25) is 5.91 Å². The number of hydrogen-bond acceptors (Lipinski definition) is 5. The highest BCUT2D eigenvalue weighted by molar-refractivity contribution is 5.91. The lowest BCUT2D eigenvalue weighted by Gasteiger charge is -2.11. The molecule has 3 N–H and O–H groups in total. The van der Waals surface area contributed by atoms with Crippen LogP contribution in [0.3, 0.4) is 0 Å². The van der Waals surface area contributed by atoms with Crippen molar-refractivity contribution in [1.82, 2.24) is 15.3 Å². The predicted molar refractivity (Wildman–Crippen MR) is 77.4 cm³/mol. The molecule has 114 valence electrons. The Morgan fingerprint density at radius 3 is 2.71 bits per heavy atom. The molecule has 1 heterocycles. The first-order valence-corrected chi connectivity index (χ1v) is 7.11. The Morgan fingerprint density at radius 2 is 2.14 bits per heavy atom. The lowest BCUT2D eigenvalue weighted by molar-refractivity contribution is -0.120. The molecule has 0 saturated heterocycles. The summed E-state index contributed by atoms with van der Waals surface area (Å²) < 4.78 is 0. The van der Waals surface area contributed by atoms with Crippen LogP contribution in [0.4, 0.5) is 5.69 Å². The third kappa shape index (κ3) is 4.40. The Bertz CT molecular complexity index is 541. The Hall–Kier alpha value is -2.18. The van der Waals surface area contributed by atoms with Crippen LogP contribution in [-0.4, -0.2) is 39.5 Å². The number of nitrogens with one attached hydrogen (secondary N) is 2. The number of amides is 1. The van der Waals surface area contributed by atoms with Crippen molar-refractivity contribution in [1.29, 1.82) is 0 Å². The van der Waals surface area contributed by atoms with Gasteiger partial charge in [0.1, 0.15) is 5.82 Å². The topological polar surface area (TPSA) is 104 Å². The average Bonchev–Trinajstić information content (AvgIpc) is 3.22. The monoisotopic (exact) mass is 292 g/mol. The summed E-state index contributed by atoms with van der Waals surface area (Å²) in [5, 5.41) is 15.0. The normalized spacial score (nSPS) is 14.0. The van der Waals surface area contributed by atoms with E-state index in [0.29, 0.717) is 30.5 Å². The highest BCUT2D eigenvalue weighted by Crippen LogP contribution is 2.19. The smallest absolute Gasteiger partial charge is 0.356 e. The van der Waals surface area contributed by atoms with Crippen molar-refractivity contribution in [3.8, 4) is 0 Å². The third-order valence-electron chi connectivity index (χ3n) is 3.14. The minimum Gasteiger partial charge on any atom is -0.476 e. The van der Waals surface area contributed by atoms with Crippen molar-refractivity contribution >= 4 is 17.6 Å². The molecule has 0 spiro atoms. The van der Waals surface area contributed by atoms with Crippen molar-refractivity contribution in [2.75, 3.05) is 11.9 Å². The zero-order valence-electron chi connectivity index (χ0n) is 12.2. The molecule has 0 aromatic carbocycles. The molecule has 0 atom stereocenters. The van der Waals surface area contributed by atoms with Gasteiger partial charge < -0.3 is 15.7 Å². The Labute approximate surface area is 123 Å². The van der Waals surface area contributed by atoms with Gasteiger partial charge >= 0.3 is 5.97 Å². The molecular weight excluding hydrogens is 272 g/mol. The molecule has 1 fully saturated rings. The zero-order valence-corrected chi connectivity index (χ0v) is 12.2. The van der Waals surface area contributed by atoms with E-state index in [4.69, 9.17) is 0 Å². The number of carboxylic acid groups (broad SMARTS) is 1. The lowest BCUT2D eigenvalue weighted by Crippen LogP contribution is -2.27. The molecule has 7 heteroatoms. The fraction of sp³-hybridized carbons (Fsp3) is 0.571. The summed E-state index contributed by atoms with van der Waals surface area (Å²) in [6, 6.07) is 0.334. The maximum absolute atomic E-state index is 11.5. The quantitative estimate of drug-likeness (QED) is 0.701. The highest BCUT2D eigenvalue weighted by Gasteiger charge is 2.23. The van der Waals surface area contributed by atoms with Crippen LogP contribution < -0.4 is 10.6 Å². The summed E-state index contributed by atoms with van der Waals surface area (Å²) in [5.41, 5.74) is 0.280. The van der Waals surface area contributed by atoms with Crippen LogP contribution in [0.2, 0.25) is 0 Å². The second kappa shape index (κ2) is 6.51. The molecule has 1 aliphatic rings. The van der Waals surface area contributed by atoms with E-state index in [-0.39, 0.29) is 17.5 Å². The number of carbonyl (C=O) groups is 2. The molecule has 21 heavy (non-hydrogen) atoms. The number of hydrogen-bond donors (Lipinski definition) is 3. The van der Waals surface area contributed by atoms with Gasteiger partial charge in [0, 0.05) is 24.9 Å². The summed E-state index contributed by atoms with van der Waals surface area (Å²) in [4.78, 5) is 31.0. The van der Waals surface area contributed by atoms with Gasteiger partial charge in [-0.05, 0) is 12.8 Å². The number of anilines is 1. The summed E-state index contributed by atoms with van der Waals surface area (Å²) in [6.07, 6.45) is 3.85. The zero-order chi connectivity index (χ0) is 15.4. The van der Waals surface area contributed by atoms with Crippen molar-refractivity contribution in [3.05, 3.63) is 17.7 Å². The molecule has 1 aliphatic carbocycles. The lowest BCUT2D eigenvalue weighted by atomic mass is 10.2. The standard InChI is InChI=1S/C14H20N4O3/c1-8(2)13-16-7-10(12(18-13)14(20)21)15-6-5-11(19)17-9-3-4-9/h7-9,15H,3-6H2,1-2H3,(H,17,19)(H,20,21). The fourth-order valence-corrected chi connectivity index (χ4v) is 1.80. The number of rotatable bonds is 7. The summed E-state index contributed by atoms with van der Waals surface area (Å²) >= 11 is 0. The van der Waals surface area contributed by atoms with E-state index in [1.54, 1.807) is 0 Å². The van der Waals surface area contributed by atoms with Gasteiger partial charge in [-0.2, -0.15) is 0 Å². The van der Waals surface area contributed by atoms with Crippen molar-refractivity contribution < 1.29 is 14.7 Å². The summed E-state index contributed by atoms with van der Waals surface area (Å²) in [5.74, 6) is -0.586. The van der Waals surface area contributed by atoms with Crippen molar-refractivity contribution in [2.24, 2.45) is 0 Å². The Morgan fingerprint density at radius 1 is 1.43 bits per heavy atom. The van der Waals surface area contributed by atoms with E-state index in [0.717, 1.165) is 12.8 Å². The van der Waals surface area contributed by atoms with Crippen LogP contribution in [-0.2, 0) is 4.79 Å². The minimum atomic E-state index is -1.11. The second-order valence-electron chi connectivity index (χ2n) is 5.47. The molecule has 0 radical (unpaired) electrons. The van der Waals surface area contributed by atoms with Gasteiger partial charge in [0.05, 0.1) is 11.9 Å². The summed E-state index contributed by atoms with van der Waals surface area (Å²) in [6.45, 7) is 4.15. The first-order valence-electron chi connectivity index (χ1n) is 7.11. The van der Waals surface area contributed by atoms with Crippen molar-refractivity contribution in [3.63, 3.8) is 0 Å². The highest BCUT2D eigenvalue weighted by atomic mass is 16.4. The minimum absolute atomic E-state index is 0.0263. The van der Waals surface area contributed by atoms with E-state index in [1.807, 2.05) is 13.8 Å². The molecule has 1 amide bonds. The number of carboxylic acids is 1. The van der Waals surface area contributed by atoms with E-state index >= 15 is 0 Å². The maximum atomic E-state index is 11.5. The molecule has 0 bridgehead atoms. The molecule has 1 saturated carbocycles. The SMILES string of the molecule is CC(C)c1ncc(NCCC(=O)NC2CC2)c(C(=O)O)n1. The maximum Gasteiger partial charge on any atom is 0.356 e. The van der Waals surface area contributed by atoms with Gasteiger partial charge in [-0.3, -0.25) is 4.79 Å². The second-order valence-corrected chi connectivity index (χ2v) is 5.47. The third-order valence-corrected chi connectivity index (χ3v) is 3.14. The molecular formula is C14H20N4O3. The van der Waals surface area contributed by atoms with Crippen LogP contribution in [0, 0.1) is 0 Å².